The van der Waals surface area contributed by atoms with Gasteiger partial charge in [-0.05, 0) is 37.1 Å². The fourth-order valence-electron chi connectivity index (χ4n) is 2.05. The third-order valence-corrected chi connectivity index (χ3v) is 3.45. The summed E-state index contributed by atoms with van der Waals surface area (Å²) < 4.78 is 0. The van der Waals surface area contributed by atoms with Crippen molar-refractivity contribution in [2.75, 3.05) is 26.0 Å². The number of likely N-dealkylation sites (N-methyl/N-ethyl adjacent to an activating group) is 1. The Morgan fingerprint density at radius 1 is 1.05 bits per heavy atom. The number of hydrogen-bond acceptors (Lipinski definition) is 3. The molecule has 2 amide bonds. The molecule has 22 heavy (non-hydrogen) atoms. The van der Waals surface area contributed by atoms with Gasteiger partial charge < -0.3 is 16.0 Å². The van der Waals surface area contributed by atoms with Crippen molar-refractivity contribution in [1.82, 2.24) is 4.90 Å². The lowest BCUT2D eigenvalue weighted by molar-refractivity contribution is -0.128. The second-order valence-electron chi connectivity index (χ2n) is 5.66. The summed E-state index contributed by atoms with van der Waals surface area (Å²) in [7, 11) is 3.48. The van der Waals surface area contributed by atoms with Crippen molar-refractivity contribution in [2.45, 2.75) is 38.5 Å². The molecule has 0 unspecified atom stereocenters. The van der Waals surface area contributed by atoms with E-state index in [-0.39, 0.29) is 11.8 Å². The largest absolute Gasteiger partial charge is 0.349 e. The minimum atomic E-state index is 0.0323. The molecule has 1 aromatic carbocycles. The van der Waals surface area contributed by atoms with E-state index in [9.17, 15) is 9.59 Å². The highest BCUT2D eigenvalue weighted by atomic mass is 16.2. The van der Waals surface area contributed by atoms with Crippen molar-refractivity contribution in [1.29, 1.82) is 0 Å². The number of rotatable bonds is 9. The summed E-state index contributed by atoms with van der Waals surface area (Å²) in [6.07, 6.45) is 4.94. The summed E-state index contributed by atoms with van der Waals surface area (Å²) >= 11 is 0. The maximum Gasteiger partial charge on any atom is 0.226 e. The minimum absolute atomic E-state index is 0.0323. The lowest BCUT2D eigenvalue weighted by Crippen LogP contribution is -2.23. The average Bonchev–Trinajstić information content (AvgIpc) is 2.49. The molecule has 5 heteroatoms. The van der Waals surface area contributed by atoms with Gasteiger partial charge in [-0.15, -0.1) is 0 Å². The molecule has 5 nitrogen and oxygen atoms in total. The van der Waals surface area contributed by atoms with E-state index >= 15 is 0 Å². The Morgan fingerprint density at radius 3 is 2.27 bits per heavy atom. The van der Waals surface area contributed by atoms with E-state index in [0.29, 0.717) is 12.8 Å². The van der Waals surface area contributed by atoms with Gasteiger partial charge in [-0.25, -0.2) is 0 Å². The molecule has 0 aliphatic rings. The maximum absolute atomic E-state index is 11.8. The molecule has 0 saturated heterocycles. The molecule has 0 spiro atoms. The first kappa shape index (κ1) is 18.2. The summed E-state index contributed by atoms with van der Waals surface area (Å²) in [5.41, 5.74) is 7.14. The van der Waals surface area contributed by atoms with Crippen molar-refractivity contribution >= 4 is 17.5 Å². The first-order valence-corrected chi connectivity index (χ1v) is 7.82. The van der Waals surface area contributed by atoms with Gasteiger partial charge in [0.05, 0.1) is 6.42 Å². The van der Waals surface area contributed by atoms with E-state index in [4.69, 9.17) is 5.73 Å². The Labute approximate surface area is 132 Å². The fourth-order valence-corrected chi connectivity index (χ4v) is 2.05. The van der Waals surface area contributed by atoms with Crippen LogP contribution in [0.5, 0.6) is 0 Å². The molecule has 3 N–H and O–H groups in total. The standard InChI is InChI=1S/C17H27N3O2/c1-20(2)17(22)13-14-8-10-15(11-9-14)19-16(21)7-5-3-4-6-12-18/h8-11H,3-7,12-13,18H2,1-2H3,(H,19,21). The van der Waals surface area contributed by atoms with Crippen LogP contribution in [0.25, 0.3) is 0 Å². The highest BCUT2D eigenvalue weighted by Crippen LogP contribution is 2.12. The molecule has 0 aliphatic carbocycles. The highest BCUT2D eigenvalue weighted by Gasteiger charge is 2.06. The minimum Gasteiger partial charge on any atom is -0.349 e. The normalized spacial score (nSPS) is 10.3. The van der Waals surface area contributed by atoms with Crippen molar-refractivity contribution < 1.29 is 9.59 Å². The molecule has 0 aliphatic heterocycles. The SMILES string of the molecule is CN(C)C(=O)Cc1ccc(NC(=O)CCCCCCN)cc1. The fraction of sp³-hybridized carbons (Fsp3) is 0.529. The number of nitrogens with one attached hydrogen (secondary N) is 1. The van der Waals surface area contributed by atoms with E-state index in [0.717, 1.165) is 43.5 Å². The van der Waals surface area contributed by atoms with Crippen LogP contribution in [-0.2, 0) is 16.0 Å². The Balaban J connectivity index is 2.34. The van der Waals surface area contributed by atoms with Gasteiger partial charge in [-0.3, -0.25) is 9.59 Å². The van der Waals surface area contributed by atoms with E-state index in [2.05, 4.69) is 5.32 Å². The first-order valence-electron chi connectivity index (χ1n) is 7.82. The second-order valence-corrected chi connectivity index (χ2v) is 5.66. The van der Waals surface area contributed by atoms with Gasteiger partial charge in [0.1, 0.15) is 0 Å². The molecular formula is C17H27N3O2. The van der Waals surface area contributed by atoms with Crippen molar-refractivity contribution in [3.63, 3.8) is 0 Å². The van der Waals surface area contributed by atoms with Crippen molar-refractivity contribution in [2.24, 2.45) is 5.73 Å². The smallest absolute Gasteiger partial charge is 0.226 e. The van der Waals surface area contributed by atoms with Crippen LogP contribution in [0.1, 0.15) is 37.7 Å². The molecule has 0 fully saturated rings. The lowest BCUT2D eigenvalue weighted by atomic mass is 10.1. The Kier molecular flexibility index (Phi) is 8.22. The summed E-state index contributed by atoms with van der Waals surface area (Å²) in [4.78, 5) is 25.0. The summed E-state index contributed by atoms with van der Waals surface area (Å²) in [6, 6.07) is 7.42. The topological polar surface area (TPSA) is 75.4 Å². The van der Waals surface area contributed by atoms with Crippen LogP contribution in [-0.4, -0.2) is 37.4 Å². The van der Waals surface area contributed by atoms with Gasteiger partial charge in [0, 0.05) is 26.2 Å². The highest BCUT2D eigenvalue weighted by molar-refractivity contribution is 5.90. The molecule has 0 bridgehead atoms. The monoisotopic (exact) mass is 305 g/mol. The van der Waals surface area contributed by atoms with Gasteiger partial charge in [0.15, 0.2) is 0 Å². The Hall–Kier alpha value is -1.88. The second kappa shape index (κ2) is 9.95. The Morgan fingerprint density at radius 2 is 1.68 bits per heavy atom. The van der Waals surface area contributed by atoms with E-state index in [1.165, 1.54) is 0 Å². The number of carbonyl (C=O) groups is 2. The number of unbranched alkanes of at least 4 members (excludes halogenated alkanes) is 3. The quantitative estimate of drug-likeness (QED) is 0.687. The average molecular weight is 305 g/mol. The number of benzene rings is 1. The van der Waals surface area contributed by atoms with Crippen LogP contribution in [0.4, 0.5) is 5.69 Å². The molecule has 1 aromatic rings. The van der Waals surface area contributed by atoms with Crippen molar-refractivity contribution in [3.05, 3.63) is 29.8 Å². The molecule has 1 rings (SSSR count). The lowest BCUT2D eigenvalue weighted by Gasteiger charge is -2.10. The summed E-state index contributed by atoms with van der Waals surface area (Å²) in [5, 5.41) is 2.88. The van der Waals surface area contributed by atoms with Gasteiger partial charge in [0.2, 0.25) is 11.8 Å². The molecule has 122 valence electrons. The van der Waals surface area contributed by atoms with E-state index < -0.39 is 0 Å². The zero-order valence-corrected chi connectivity index (χ0v) is 13.6. The van der Waals surface area contributed by atoms with Crippen LogP contribution < -0.4 is 11.1 Å². The van der Waals surface area contributed by atoms with Crippen LogP contribution in [0.2, 0.25) is 0 Å². The van der Waals surface area contributed by atoms with Crippen LogP contribution in [0, 0.1) is 0 Å². The predicted molar refractivity (Wildman–Crippen MR) is 89.6 cm³/mol. The van der Waals surface area contributed by atoms with Crippen LogP contribution >= 0.6 is 0 Å². The zero-order chi connectivity index (χ0) is 16.4. The molecule has 0 aromatic heterocycles. The van der Waals surface area contributed by atoms with Gasteiger partial charge in [0.25, 0.3) is 0 Å². The maximum atomic E-state index is 11.8. The molecule has 0 radical (unpaired) electrons. The molecular weight excluding hydrogens is 278 g/mol. The number of nitrogens with two attached hydrogens (primary N) is 1. The van der Waals surface area contributed by atoms with Crippen molar-refractivity contribution in [3.8, 4) is 0 Å². The van der Waals surface area contributed by atoms with E-state index in [1.807, 2.05) is 24.3 Å². The predicted octanol–water partition coefficient (Wildman–Crippen LogP) is 2.16. The van der Waals surface area contributed by atoms with Gasteiger partial charge >= 0.3 is 0 Å². The summed E-state index contributed by atoms with van der Waals surface area (Å²) in [5.74, 6) is 0.0964. The molecule has 0 saturated carbocycles. The number of amides is 2. The summed E-state index contributed by atoms with van der Waals surface area (Å²) in [6.45, 7) is 0.717. The number of hydrogen-bond donors (Lipinski definition) is 2. The van der Waals surface area contributed by atoms with E-state index in [1.54, 1.807) is 19.0 Å². The number of nitrogens with zero attached hydrogens (tertiary/aromatic N) is 1. The van der Waals surface area contributed by atoms with Gasteiger partial charge in [-0.2, -0.15) is 0 Å². The number of carbonyl (C=O) groups excluding carboxylic acids is 2. The third-order valence-electron chi connectivity index (χ3n) is 3.45. The molecule has 0 heterocycles. The van der Waals surface area contributed by atoms with Gasteiger partial charge in [-0.1, -0.05) is 25.0 Å². The third kappa shape index (κ3) is 7.22. The van der Waals surface area contributed by atoms with Crippen LogP contribution in [0.3, 0.4) is 0 Å². The number of anilines is 1. The van der Waals surface area contributed by atoms with Crippen LogP contribution in [0.15, 0.2) is 24.3 Å². The first-order chi connectivity index (χ1) is 10.5. The Bertz CT molecular complexity index is 469. The zero-order valence-electron chi connectivity index (χ0n) is 13.6. The molecule has 0 atom stereocenters.